The van der Waals surface area contributed by atoms with Crippen LogP contribution in [0.25, 0.3) is 0 Å². The summed E-state index contributed by atoms with van der Waals surface area (Å²) in [4.78, 5) is 34.1. The lowest BCUT2D eigenvalue weighted by Gasteiger charge is -2.18. The fourth-order valence-corrected chi connectivity index (χ4v) is 1.52. The van der Waals surface area contributed by atoms with Gasteiger partial charge >= 0.3 is 11.9 Å². The Morgan fingerprint density at radius 1 is 1.30 bits per heavy atom. The Balaban J connectivity index is 2.76. The molecule has 0 saturated carbocycles. The number of methoxy groups -OCH3 is 1. The molecular weight excluding hydrogens is 262 g/mol. The molecule has 2 N–H and O–H groups in total. The number of rotatable bonds is 5. The number of amides is 1. The van der Waals surface area contributed by atoms with Gasteiger partial charge in [0, 0.05) is 12.1 Å². The van der Waals surface area contributed by atoms with Crippen LogP contribution in [0.3, 0.4) is 0 Å². The lowest BCUT2D eigenvalue weighted by molar-refractivity contribution is -0.148. The van der Waals surface area contributed by atoms with E-state index in [9.17, 15) is 14.4 Å². The van der Waals surface area contributed by atoms with Gasteiger partial charge < -0.3 is 15.2 Å². The third-order valence-corrected chi connectivity index (χ3v) is 2.75. The SMILES string of the molecule is COC(=O)c1cccc(NC(=O)CC(C)(C)C(=O)O)c1. The van der Waals surface area contributed by atoms with Gasteiger partial charge in [0.2, 0.25) is 5.91 Å². The van der Waals surface area contributed by atoms with Crippen LogP contribution in [-0.4, -0.2) is 30.1 Å². The molecule has 6 nitrogen and oxygen atoms in total. The van der Waals surface area contributed by atoms with Gasteiger partial charge in [-0.1, -0.05) is 6.07 Å². The molecule has 1 aromatic carbocycles. The van der Waals surface area contributed by atoms with Crippen molar-refractivity contribution in [3.8, 4) is 0 Å². The van der Waals surface area contributed by atoms with Crippen molar-refractivity contribution < 1.29 is 24.2 Å². The van der Waals surface area contributed by atoms with Gasteiger partial charge in [-0.05, 0) is 32.0 Å². The Morgan fingerprint density at radius 3 is 2.50 bits per heavy atom. The largest absolute Gasteiger partial charge is 0.481 e. The van der Waals surface area contributed by atoms with Gasteiger partial charge in [-0.2, -0.15) is 0 Å². The number of hydrogen-bond acceptors (Lipinski definition) is 4. The summed E-state index contributed by atoms with van der Waals surface area (Å²) in [5, 5.41) is 11.5. The van der Waals surface area contributed by atoms with Gasteiger partial charge in [0.05, 0.1) is 18.1 Å². The first kappa shape index (κ1) is 15.7. The summed E-state index contributed by atoms with van der Waals surface area (Å²) in [6, 6.07) is 6.24. The maximum Gasteiger partial charge on any atom is 0.337 e. The fourth-order valence-electron chi connectivity index (χ4n) is 1.52. The second-order valence-electron chi connectivity index (χ2n) is 4.99. The van der Waals surface area contributed by atoms with Crippen molar-refractivity contribution in [1.29, 1.82) is 0 Å². The van der Waals surface area contributed by atoms with Crippen LogP contribution in [0.1, 0.15) is 30.6 Å². The highest BCUT2D eigenvalue weighted by atomic mass is 16.5. The summed E-state index contributed by atoms with van der Waals surface area (Å²) in [6.45, 7) is 2.94. The van der Waals surface area contributed by atoms with Crippen LogP contribution in [0.4, 0.5) is 5.69 Å². The number of hydrogen-bond donors (Lipinski definition) is 2. The number of carbonyl (C=O) groups excluding carboxylic acids is 2. The molecule has 0 heterocycles. The number of anilines is 1. The molecule has 0 unspecified atom stereocenters. The molecule has 6 heteroatoms. The van der Waals surface area contributed by atoms with E-state index in [4.69, 9.17) is 5.11 Å². The smallest absolute Gasteiger partial charge is 0.337 e. The topological polar surface area (TPSA) is 92.7 Å². The molecule has 0 aliphatic rings. The van der Waals surface area contributed by atoms with Gasteiger partial charge in [0.25, 0.3) is 0 Å². The highest BCUT2D eigenvalue weighted by Gasteiger charge is 2.30. The van der Waals surface area contributed by atoms with E-state index >= 15 is 0 Å². The Hall–Kier alpha value is -2.37. The van der Waals surface area contributed by atoms with Crippen LogP contribution in [0.5, 0.6) is 0 Å². The molecule has 20 heavy (non-hydrogen) atoms. The Morgan fingerprint density at radius 2 is 1.95 bits per heavy atom. The second kappa shape index (κ2) is 6.18. The molecule has 0 atom stereocenters. The summed E-state index contributed by atoms with van der Waals surface area (Å²) in [5.41, 5.74) is -0.425. The first-order valence-electron chi connectivity index (χ1n) is 5.98. The number of carboxylic acid groups (broad SMARTS) is 1. The molecule has 1 amide bonds. The average molecular weight is 279 g/mol. The van der Waals surface area contributed by atoms with Crippen LogP contribution in [-0.2, 0) is 14.3 Å². The van der Waals surface area contributed by atoms with E-state index in [-0.39, 0.29) is 6.42 Å². The van der Waals surface area contributed by atoms with Crippen LogP contribution in [0.2, 0.25) is 0 Å². The number of esters is 1. The van der Waals surface area contributed by atoms with E-state index in [0.717, 1.165) is 0 Å². The minimum atomic E-state index is -1.15. The molecule has 108 valence electrons. The van der Waals surface area contributed by atoms with E-state index in [2.05, 4.69) is 10.1 Å². The van der Waals surface area contributed by atoms with Crippen molar-refractivity contribution >= 4 is 23.5 Å². The van der Waals surface area contributed by atoms with Crippen LogP contribution >= 0.6 is 0 Å². The highest BCUT2D eigenvalue weighted by molar-refractivity contribution is 5.96. The molecule has 0 saturated heterocycles. The van der Waals surface area contributed by atoms with E-state index in [1.165, 1.54) is 27.0 Å². The number of carboxylic acids is 1. The van der Waals surface area contributed by atoms with E-state index in [1.54, 1.807) is 18.2 Å². The summed E-state index contributed by atoms with van der Waals surface area (Å²) >= 11 is 0. The number of benzene rings is 1. The standard InChI is InChI=1S/C14H17NO5/c1-14(2,13(18)19)8-11(16)15-10-6-4-5-9(7-10)12(17)20-3/h4-7H,8H2,1-3H3,(H,15,16)(H,18,19). The zero-order valence-corrected chi connectivity index (χ0v) is 11.6. The van der Waals surface area contributed by atoms with Crippen LogP contribution in [0, 0.1) is 5.41 Å². The second-order valence-corrected chi connectivity index (χ2v) is 4.99. The predicted molar refractivity (Wildman–Crippen MR) is 72.4 cm³/mol. The highest BCUT2D eigenvalue weighted by Crippen LogP contribution is 2.21. The Bertz CT molecular complexity index is 536. The van der Waals surface area contributed by atoms with Gasteiger partial charge in [0.1, 0.15) is 0 Å². The number of aliphatic carboxylic acids is 1. The summed E-state index contributed by atoms with van der Waals surface area (Å²) in [5.74, 6) is -1.98. The molecule has 0 aromatic heterocycles. The van der Waals surface area contributed by atoms with Crippen molar-refractivity contribution in [2.24, 2.45) is 5.41 Å². The normalized spacial score (nSPS) is 10.8. The predicted octanol–water partition coefficient (Wildman–Crippen LogP) is 1.91. The zero-order chi connectivity index (χ0) is 15.3. The lowest BCUT2D eigenvalue weighted by Crippen LogP contribution is -2.29. The molecule has 0 aliphatic carbocycles. The fraction of sp³-hybridized carbons (Fsp3) is 0.357. The quantitative estimate of drug-likeness (QED) is 0.803. The molecule has 0 radical (unpaired) electrons. The van der Waals surface area contributed by atoms with Crippen molar-refractivity contribution in [2.75, 3.05) is 12.4 Å². The minimum Gasteiger partial charge on any atom is -0.481 e. The van der Waals surface area contributed by atoms with Gasteiger partial charge in [-0.25, -0.2) is 4.79 Å². The molecule has 0 bridgehead atoms. The van der Waals surface area contributed by atoms with Crippen LogP contribution in [0.15, 0.2) is 24.3 Å². The third kappa shape index (κ3) is 4.08. The lowest BCUT2D eigenvalue weighted by atomic mass is 9.89. The Kier molecular flexibility index (Phi) is 4.85. The first-order valence-corrected chi connectivity index (χ1v) is 5.98. The van der Waals surface area contributed by atoms with Gasteiger partial charge in [-0.3, -0.25) is 9.59 Å². The number of nitrogens with one attached hydrogen (secondary N) is 1. The average Bonchev–Trinajstić information content (AvgIpc) is 2.37. The molecule has 1 rings (SSSR count). The van der Waals surface area contributed by atoms with Crippen LogP contribution < -0.4 is 5.32 Å². The number of ether oxygens (including phenoxy) is 1. The summed E-state index contributed by atoms with van der Waals surface area (Å²) in [6.07, 6.45) is -0.162. The van der Waals surface area contributed by atoms with Crippen molar-refractivity contribution in [3.05, 3.63) is 29.8 Å². The first-order chi connectivity index (χ1) is 9.26. The maximum atomic E-state index is 11.8. The van der Waals surface area contributed by atoms with Crippen molar-refractivity contribution in [2.45, 2.75) is 20.3 Å². The van der Waals surface area contributed by atoms with E-state index < -0.39 is 23.3 Å². The van der Waals surface area contributed by atoms with E-state index in [0.29, 0.717) is 11.3 Å². The van der Waals surface area contributed by atoms with Gasteiger partial charge in [-0.15, -0.1) is 0 Å². The molecule has 0 spiro atoms. The summed E-state index contributed by atoms with van der Waals surface area (Å²) in [7, 11) is 1.27. The van der Waals surface area contributed by atoms with E-state index in [1.807, 2.05) is 0 Å². The maximum absolute atomic E-state index is 11.8. The van der Waals surface area contributed by atoms with Crippen molar-refractivity contribution in [1.82, 2.24) is 0 Å². The molecular formula is C14H17NO5. The number of carbonyl (C=O) groups is 3. The molecule has 0 aliphatic heterocycles. The molecule has 1 aromatic rings. The molecule has 0 fully saturated rings. The zero-order valence-electron chi connectivity index (χ0n) is 11.6. The van der Waals surface area contributed by atoms with Gasteiger partial charge in [0.15, 0.2) is 0 Å². The summed E-state index contributed by atoms with van der Waals surface area (Å²) < 4.78 is 4.58. The Labute approximate surface area is 116 Å². The van der Waals surface area contributed by atoms with Crippen molar-refractivity contribution in [3.63, 3.8) is 0 Å². The minimum absolute atomic E-state index is 0.162. The monoisotopic (exact) mass is 279 g/mol. The third-order valence-electron chi connectivity index (χ3n) is 2.75.